The maximum Gasteiger partial charge on any atom is 0.223 e. The molecule has 3 aromatic carbocycles. The molecule has 1 amide bonds. The summed E-state index contributed by atoms with van der Waals surface area (Å²) in [6.07, 6.45) is 2.66. The lowest BCUT2D eigenvalue weighted by Gasteiger charge is -2.36. The summed E-state index contributed by atoms with van der Waals surface area (Å²) in [6.45, 7) is 5.18. The minimum atomic E-state index is 0.0187. The quantitative estimate of drug-likeness (QED) is 0.356. The molecule has 174 valence electrons. The largest absolute Gasteiger partial charge is 0.368 e. The molecule has 1 aliphatic heterocycles. The molecule has 4 nitrogen and oxygen atoms in total. The fourth-order valence-corrected chi connectivity index (χ4v) is 5.23. The number of rotatable bonds is 5. The number of aromatic nitrogens is 1. The van der Waals surface area contributed by atoms with Crippen molar-refractivity contribution in [2.24, 2.45) is 7.05 Å². The van der Waals surface area contributed by atoms with Gasteiger partial charge in [0.1, 0.15) is 0 Å². The summed E-state index contributed by atoms with van der Waals surface area (Å²) < 4.78 is 2.17. The van der Waals surface area contributed by atoms with Crippen LogP contribution in [0.4, 0.5) is 5.69 Å². The number of halogens is 1. The zero-order valence-electron chi connectivity index (χ0n) is 19.7. The number of aryl methyl sites for hydroxylation is 2. The second kappa shape index (κ2) is 9.55. The summed E-state index contributed by atoms with van der Waals surface area (Å²) in [5, 5.41) is 1.96. The number of amides is 1. The Kier molecular flexibility index (Phi) is 6.34. The molecule has 1 saturated heterocycles. The molecule has 0 bridgehead atoms. The van der Waals surface area contributed by atoms with E-state index in [9.17, 15) is 4.79 Å². The van der Waals surface area contributed by atoms with Gasteiger partial charge in [-0.2, -0.15) is 0 Å². The molecule has 1 fully saturated rings. The number of fused-ring (bicyclic) bond motifs is 1. The van der Waals surface area contributed by atoms with E-state index in [-0.39, 0.29) is 11.8 Å². The number of hydrogen-bond donors (Lipinski definition) is 0. The maximum absolute atomic E-state index is 13.5. The molecule has 1 atom stereocenters. The van der Waals surface area contributed by atoms with Crippen molar-refractivity contribution in [3.63, 3.8) is 0 Å². The zero-order chi connectivity index (χ0) is 23.7. The first-order chi connectivity index (χ1) is 16.5. The van der Waals surface area contributed by atoms with Crippen LogP contribution in [0, 0.1) is 6.92 Å². The molecule has 0 spiro atoms. The number of para-hydroxylation sites is 1. The number of anilines is 1. The maximum atomic E-state index is 13.5. The molecule has 1 aromatic heterocycles. The molecule has 2 heterocycles. The SMILES string of the molecule is Cc1ccc(C(CC(=O)N2CCN(c3cccc(Cl)c3)CC2)c2cn(C)c3ccccc23)cc1. The van der Waals surface area contributed by atoms with Crippen LogP contribution in [0.2, 0.25) is 5.02 Å². The van der Waals surface area contributed by atoms with Gasteiger partial charge in [0, 0.05) is 73.4 Å². The number of benzene rings is 3. The van der Waals surface area contributed by atoms with Crippen LogP contribution in [-0.4, -0.2) is 41.6 Å². The first kappa shape index (κ1) is 22.5. The van der Waals surface area contributed by atoms with Gasteiger partial charge < -0.3 is 14.4 Å². The van der Waals surface area contributed by atoms with Gasteiger partial charge in [0.25, 0.3) is 0 Å². The van der Waals surface area contributed by atoms with Crippen molar-refractivity contribution >= 4 is 34.1 Å². The molecule has 1 aliphatic rings. The summed E-state index contributed by atoms with van der Waals surface area (Å²) >= 11 is 6.18. The minimum Gasteiger partial charge on any atom is -0.368 e. The molecule has 0 radical (unpaired) electrons. The van der Waals surface area contributed by atoms with Gasteiger partial charge in [0.15, 0.2) is 0 Å². The standard InChI is InChI=1S/C29H30ClN3O/c1-21-10-12-22(13-11-21)26(27-20-31(2)28-9-4-3-8-25(27)28)19-29(34)33-16-14-32(15-17-33)24-7-5-6-23(30)18-24/h3-13,18,20,26H,14-17,19H2,1-2H3. The van der Waals surface area contributed by atoms with Crippen LogP contribution in [0.3, 0.4) is 0 Å². The Labute approximate surface area is 206 Å². The van der Waals surface area contributed by atoms with E-state index in [0.29, 0.717) is 6.42 Å². The summed E-state index contributed by atoms with van der Waals surface area (Å²) in [6, 6.07) is 25.0. The molecular weight excluding hydrogens is 442 g/mol. The Hall–Kier alpha value is -3.24. The number of hydrogen-bond acceptors (Lipinski definition) is 2. The summed E-state index contributed by atoms with van der Waals surface area (Å²) in [7, 11) is 2.08. The summed E-state index contributed by atoms with van der Waals surface area (Å²) in [5.74, 6) is 0.231. The van der Waals surface area contributed by atoms with Crippen LogP contribution in [0.5, 0.6) is 0 Å². The summed E-state index contributed by atoms with van der Waals surface area (Å²) in [5.41, 5.74) is 5.94. The Balaban J connectivity index is 1.37. The van der Waals surface area contributed by atoms with Crippen molar-refractivity contribution in [2.75, 3.05) is 31.1 Å². The average Bonchev–Trinajstić information content (AvgIpc) is 3.19. The number of nitrogens with zero attached hydrogens (tertiary/aromatic N) is 3. The van der Waals surface area contributed by atoms with Gasteiger partial charge in [-0.25, -0.2) is 0 Å². The predicted molar refractivity (Wildman–Crippen MR) is 141 cm³/mol. The van der Waals surface area contributed by atoms with Crippen LogP contribution in [0.25, 0.3) is 10.9 Å². The first-order valence-electron chi connectivity index (χ1n) is 11.9. The first-order valence-corrected chi connectivity index (χ1v) is 12.3. The Bertz CT molecular complexity index is 1300. The minimum absolute atomic E-state index is 0.0187. The molecule has 0 saturated carbocycles. The van der Waals surface area contributed by atoms with E-state index in [0.717, 1.165) is 36.9 Å². The van der Waals surface area contributed by atoms with Crippen molar-refractivity contribution in [3.05, 3.63) is 101 Å². The molecule has 5 heteroatoms. The number of carbonyl (C=O) groups is 1. The third-order valence-electron chi connectivity index (χ3n) is 6.97. The number of carbonyl (C=O) groups excluding carboxylic acids is 1. The van der Waals surface area contributed by atoms with Crippen LogP contribution in [0.1, 0.15) is 29.0 Å². The van der Waals surface area contributed by atoms with Gasteiger partial charge in [0.2, 0.25) is 5.91 Å². The topological polar surface area (TPSA) is 28.5 Å². The van der Waals surface area contributed by atoms with Gasteiger partial charge in [-0.15, -0.1) is 0 Å². The average molecular weight is 472 g/mol. The smallest absolute Gasteiger partial charge is 0.223 e. The molecule has 1 unspecified atom stereocenters. The highest BCUT2D eigenvalue weighted by atomic mass is 35.5. The van der Waals surface area contributed by atoms with Crippen LogP contribution < -0.4 is 4.90 Å². The van der Waals surface area contributed by atoms with E-state index in [1.165, 1.54) is 27.6 Å². The van der Waals surface area contributed by atoms with Crippen molar-refractivity contribution in [3.8, 4) is 0 Å². The zero-order valence-corrected chi connectivity index (χ0v) is 20.5. The number of piperazine rings is 1. The highest BCUT2D eigenvalue weighted by Crippen LogP contribution is 2.35. The molecule has 0 aliphatic carbocycles. The Morgan fingerprint density at radius 3 is 2.41 bits per heavy atom. The lowest BCUT2D eigenvalue weighted by atomic mass is 9.87. The van der Waals surface area contributed by atoms with Crippen molar-refractivity contribution in [1.82, 2.24) is 9.47 Å². The highest BCUT2D eigenvalue weighted by molar-refractivity contribution is 6.30. The second-order valence-electron chi connectivity index (χ2n) is 9.23. The van der Waals surface area contributed by atoms with Gasteiger partial charge in [-0.05, 0) is 42.3 Å². The third-order valence-corrected chi connectivity index (χ3v) is 7.20. The van der Waals surface area contributed by atoms with Gasteiger partial charge in [-0.3, -0.25) is 4.79 Å². The van der Waals surface area contributed by atoms with Crippen molar-refractivity contribution in [2.45, 2.75) is 19.3 Å². The van der Waals surface area contributed by atoms with E-state index in [1.54, 1.807) is 0 Å². The second-order valence-corrected chi connectivity index (χ2v) is 9.66. The Morgan fingerprint density at radius 2 is 1.68 bits per heavy atom. The highest BCUT2D eigenvalue weighted by Gasteiger charge is 2.27. The fraction of sp³-hybridized carbons (Fsp3) is 0.276. The van der Waals surface area contributed by atoms with E-state index in [1.807, 2.05) is 23.1 Å². The van der Waals surface area contributed by atoms with E-state index in [4.69, 9.17) is 11.6 Å². The van der Waals surface area contributed by atoms with E-state index in [2.05, 4.69) is 84.2 Å². The van der Waals surface area contributed by atoms with Crippen molar-refractivity contribution in [1.29, 1.82) is 0 Å². The lowest BCUT2D eigenvalue weighted by molar-refractivity contribution is -0.131. The molecule has 0 N–H and O–H groups in total. The molecule has 34 heavy (non-hydrogen) atoms. The normalized spacial score (nSPS) is 15.0. The third kappa shape index (κ3) is 4.55. The van der Waals surface area contributed by atoms with Gasteiger partial charge >= 0.3 is 0 Å². The van der Waals surface area contributed by atoms with Crippen LogP contribution >= 0.6 is 11.6 Å². The van der Waals surface area contributed by atoms with Gasteiger partial charge in [-0.1, -0.05) is 65.7 Å². The van der Waals surface area contributed by atoms with Crippen molar-refractivity contribution < 1.29 is 4.79 Å². The molecule has 4 aromatic rings. The summed E-state index contributed by atoms with van der Waals surface area (Å²) in [4.78, 5) is 17.9. The van der Waals surface area contributed by atoms with E-state index < -0.39 is 0 Å². The monoisotopic (exact) mass is 471 g/mol. The predicted octanol–water partition coefficient (Wildman–Crippen LogP) is 6.01. The van der Waals surface area contributed by atoms with E-state index >= 15 is 0 Å². The van der Waals surface area contributed by atoms with Crippen LogP contribution in [-0.2, 0) is 11.8 Å². The molecule has 5 rings (SSSR count). The van der Waals surface area contributed by atoms with Gasteiger partial charge in [0.05, 0.1) is 0 Å². The lowest BCUT2D eigenvalue weighted by Crippen LogP contribution is -2.49. The fourth-order valence-electron chi connectivity index (χ4n) is 5.05. The van der Waals surface area contributed by atoms with Crippen LogP contribution in [0.15, 0.2) is 79.0 Å². The Morgan fingerprint density at radius 1 is 0.941 bits per heavy atom. The molecular formula is C29H30ClN3O.